The molecule has 4 heterocycles. The van der Waals surface area contributed by atoms with E-state index in [0.717, 1.165) is 57.5 Å². The number of carbonyl (C=O) groups excluding carboxylic acids is 2. The highest BCUT2D eigenvalue weighted by atomic mass is 16.5. The topological polar surface area (TPSA) is 96.5 Å². The molecule has 6 rings (SSSR count). The van der Waals surface area contributed by atoms with E-state index in [2.05, 4.69) is 51.8 Å². The van der Waals surface area contributed by atoms with Crippen LogP contribution in [0.1, 0.15) is 58.6 Å². The van der Waals surface area contributed by atoms with E-state index in [0.29, 0.717) is 11.6 Å². The van der Waals surface area contributed by atoms with Crippen LogP contribution in [0.2, 0.25) is 0 Å². The Morgan fingerprint density at radius 2 is 1.97 bits per heavy atom. The van der Waals surface area contributed by atoms with E-state index in [1.165, 1.54) is 16.7 Å². The van der Waals surface area contributed by atoms with Crippen LogP contribution in [0.4, 0.5) is 5.69 Å². The second-order valence-corrected chi connectivity index (χ2v) is 11.2. The zero-order valence-electron chi connectivity index (χ0n) is 21.7. The predicted octanol–water partition coefficient (Wildman–Crippen LogP) is 3.21. The van der Waals surface area contributed by atoms with Crippen LogP contribution in [0.15, 0.2) is 41.2 Å². The van der Waals surface area contributed by atoms with Crippen molar-refractivity contribution in [3.8, 4) is 0 Å². The Balaban J connectivity index is 0.992. The van der Waals surface area contributed by atoms with E-state index in [1.807, 2.05) is 22.8 Å². The Morgan fingerprint density at radius 3 is 2.70 bits per heavy atom. The predicted molar refractivity (Wildman–Crippen MR) is 138 cm³/mol. The largest absolute Gasteiger partial charge is 0.351 e. The highest BCUT2D eigenvalue weighted by Gasteiger charge is 2.50. The summed E-state index contributed by atoms with van der Waals surface area (Å²) in [6.45, 7) is 7.39. The molecule has 0 unspecified atom stereocenters. The smallest absolute Gasteiger partial charge is 0.290 e. The van der Waals surface area contributed by atoms with Gasteiger partial charge < -0.3 is 14.7 Å². The lowest BCUT2D eigenvalue weighted by Crippen LogP contribution is -2.47. The van der Waals surface area contributed by atoms with E-state index in [-0.39, 0.29) is 29.0 Å². The van der Waals surface area contributed by atoms with Crippen molar-refractivity contribution in [2.24, 2.45) is 5.92 Å². The van der Waals surface area contributed by atoms with Crippen molar-refractivity contribution < 1.29 is 14.1 Å². The molecule has 194 valence electrons. The Bertz CT molecular complexity index is 1330. The number of carbonyl (C=O) groups is 2. The Kier molecular flexibility index (Phi) is 5.90. The van der Waals surface area contributed by atoms with Gasteiger partial charge in [-0.25, -0.2) is 0 Å². The average Bonchev–Trinajstić information content (AvgIpc) is 3.54. The number of aromatic nitrogens is 3. The van der Waals surface area contributed by atoms with Crippen molar-refractivity contribution in [1.29, 1.82) is 0 Å². The normalized spacial score (nSPS) is 22.8. The fraction of sp³-hybridized carbons (Fsp3) is 0.500. The molecule has 0 atom stereocenters. The number of nitrogens with zero attached hydrogens (tertiary/aromatic N) is 5. The molecule has 2 aliphatic heterocycles. The first kappa shape index (κ1) is 23.9. The number of hydrogen-bond acceptors (Lipinski definition) is 6. The van der Waals surface area contributed by atoms with Gasteiger partial charge in [-0.1, -0.05) is 22.9 Å². The lowest BCUT2D eigenvalue weighted by molar-refractivity contribution is -0.124. The first-order valence-corrected chi connectivity index (χ1v) is 13.2. The summed E-state index contributed by atoms with van der Waals surface area (Å²) in [7, 11) is 1.90. The summed E-state index contributed by atoms with van der Waals surface area (Å²) in [5.74, 6) is 0.813. The lowest BCUT2D eigenvalue weighted by atomic mass is 9.73. The molecule has 37 heavy (non-hydrogen) atoms. The molecule has 1 spiro atoms. The van der Waals surface area contributed by atoms with E-state index in [4.69, 9.17) is 4.52 Å². The molecular weight excluding hydrogens is 468 g/mol. The minimum absolute atomic E-state index is 0.171. The van der Waals surface area contributed by atoms with Crippen LogP contribution in [0.5, 0.6) is 0 Å². The molecule has 1 saturated carbocycles. The molecule has 1 aliphatic carbocycles. The Hall–Kier alpha value is -3.46. The Labute approximate surface area is 216 Å². The van der Waals surface area contributed by atoms with Gasteiger partial charge in [0.15, 0.2) is 0 Å². The first-order valence-electron chi connectivity index (χ1n) is 13.2. The first-order chi connectivity index (χ1) is 17.8. The third kappa shape index (κ3) is 4.35. The van der Waals surface area contributed by atoms with Gasteiger partial charge in [-0.2, -0.15) is 5.10 Å². The van der Waals surface area contributed by atoms with Crippen LogP contribution in [0.3, 0.4) is 0 Å². The molecule has 9 heteroatoms. The zero-order chi connectivity index (χ0) is 25.7. The van der Waals surface area contributed by atoms with Gasteiger partial charge in [-0.3, -0.25) is 19.2 Å². The van der Waals surface area contributed by atoms with Crippen molar-refractivity contribution in [3.63, 3.8) is 0 Å². The van der Waals surface area contributed by atoms with Crippen LogP contribution in [-0.4, -0.2) is 57.8 Å². The molecule has 2 fully saturated rings. The van der Waals surface area contributed by atoms with Crippen LogP contribution in [-0.2, 0) is 23.3 Å². The maximum absolute atomic E-state index is 13.3. The van der Waals surface area contributed by atoms with Gasteiger partial charge in [0.1, 0.15) is 0 Å². The fourth-order valence-electron chi connectivity index (χ4n) is 6.29. The summed E-state index contributed by atoms with van der Waals surface area (Å²) in [6.07, 6.45) is 7.67. The SMILES string of the molecule is Cc1ccc2c(c1)C1(CCN(Cc3cnn(CC4CC(NC(=O)c5cc(C)no5)C4)c3)CC1)C(=O)N2C. The standard InChI is InChI=1S/C28H34N6O3/c1-18-4-5-24-23(10-18)28(27(36)32(24)3)6-8-33(9-7-28)15-21-14-29-34(17-21)16-20-12-22(13-20)30-26(35)25-11-19(2)31-37-25/h4-5,10-11,14,17,20,22H,6-9,12-13,15-16H2,1-3H3,(H,30,35). The van der Waals surface area contributed by atoms with Crippen molar-refractivity contribution in [2.75, 3.05) is 25.0 Å². The molecular formula is C28H34N6O3. The molecule has 1 N–H and O–H groups in total. The van der Waals surface area contributed by atoms with Crippen LogP contribution >= 0.6 is 0 Å². The number of aryl methyl sites for hydroxylation is 2. The summed E-state index contributed by atoms with van der Waals surface area (Å²) in [5.41, 5.74) is 5.01. The summed E-state index contributed by atoms with van der Waals surface area (Å²) < 4.78 is 7.07. The maximum Gasteiger partial charge on any atom is 0.290 e. The van der Waals surface area contributed by atoms with Crippen molar-refractivity contribution in [1.82, 2.24) is 25.2 Å². The molecule has 3 aromatic rings. The molecule has 0 radical (unpaired) electrons. The van der Waals surface area contributed by atoms with Gasteiger partial charge in [-0.05, 0) is 70.2 Å². The third-order valence-corrected chi connectivity index (χ3v) is 8.41. The van der Waals surface area contributed by atoms with Crippen LogP contribution in [0, 0.1) is 19.8 Å². The quantitative estimate of drug-likeness (QED) is 0.556. The number of fused-ring (bicyclic) bond motifs is 2. The van der Waals surface area contributed by atoms with Gasteiger partial charge in [0, 0.05) is 49.7 Å². The number of benzene rings is 1. The summed E-state index contributed by atoms with van der Waals surface area (Å²) in [4.78, 5) is 29.8. The highest BCUT2D eigenvalue weighted by molar-refractivity contribution is 6.08. The number of hydrogen-bond donors (Lipinski definition) is 1. The number of anilines is 1. The Morgan fingerprint density at radius 1 is 1.19 bits per heavy atom. The monoisotopic (exact) mass is 502 g/mol. The molecule has 1 saturated heterocycles. The second kappa shape index (κ2) is 9.13. The van der Waals surface area contributed by atoms with Gasteiger partial charge in [-0.15, -0.1) is 0 Å². The van der Waals surface area contributed by atoms with Crippen molar-refractivity contribution in [2.45, 2.75) is 64.1 Å². The average molecular weight is 503 g/mol. The lowest BCUT2D eigenvalue weighted by Gasteiger charge is -2.38. The molecule has 3 aliphatic rings. The number of piperidine rings is 1. The molecule has 0 bridgehead atoms. The van der Waals surface area contributed by atoms with Crippen molar-refractivity contribution in [3.05, 3.63) is 64.8 Å². The van der Waals surface area contributed by atoms with E-state index >= 15 is 0 Å². The molecule has 2 aromatic heterocycles. The summed E-state index contributed by atoms with van der Waals surface area (Å²) in [6, 6.07) is 8.22. The summed E-state index contributed by atoms with van der Waals surface area (Å²) >= 11 is 0. The number of nitrogens with one attached hydrogen (secondary N) is 1. The van der Waals surface area contributed by atoms with Gasteiger partial charge >= 0.3 is 0 Å². The molecule has 9 nitrogen and oxygen atoms in total. The fourth-order valence-corrected chi connectivity index (χ4v) is 6.29. The number of likely N-dealkylation sites (tertiary alicyclic amines) is 1. The van der Waals surface area contributed by atoms with Gasteiger partial charge in [0.2, 0.25) is 11.7 Å². The third-order valence-electron chi connectivity index (χ3n) is 8.41. The van der Waals surface area contributed by atoms with Gasteiger partial charge in [0.25, 0.3) is 5.91 Å². The second-order valence-electron chi connectivity index (χ2n) is 11.2. The minimum atomic E-state index is -0.376. The van der Waals surface area contributed by atoms with Crippen LogP contribution in [0.25, 0.3) is 0 Å². The van der Waals surface area contributed by atoms with Gasteiger partial charge in [0.05, 0.1) is 17.3 Å². The zero-order valence-corrected chi connectivity index (χ0v) is 21.7. The highest BCUT2D eigenvalue weighted by Crippen LogP contribution is 2.47. The number of likely N-dealkylation sites (N-methyl/N-ethyl adjacent to an activating group) is 1. The van der Waals surface area contributed by atoms with E-state index < -0.39 is 0 Å². The van der Waals surface area contributed by atoms with Crippen molar-refractivity contribution >= 4 is 17.5 Å². The van der Waals surface area contributed by atoms with Crippen LogP contribution < -0.4 is 10.2 Å². The van der Waals surface area contributed by atoms with E-state index in [9.17, 15) is 9.59 Å². The number of amides is 2. The minimum Gasteiger partial charge on any atom is -0.351 e. The van der Waals surface area contributed by atoms with E-state index in [1.54, 1.807) is 13.0 Å². The molecule has 2 amide bonds. The maximum atomic E-state index is 13.3. The summed E-state index contributed by atoms with van der Waals surface area (Å²) in [5, 5.41) is 11.4. The molecule has 1 aromatic carbocycles. The number of rotatable bonds is 6.